The van der Waals surface area contributed by atoms with Crippen molar-refractivity contribution in [3.8, 4) is 5.75 Å². The first kappa shape index (κ1) is 13.4. The largest absolute Gasteiger partial charge is 0.506 e. The number of carbonyl (C=O) groups is 1. The molecule has 0 saturated carbocycles. The Labute approximate surface area is 115 Å². The number of aromatic hydroxyl groups is 1. The van der Waals surface area contributed by atoms with E-state index in [1.807, 2.05) is 6.92 Å². The highest BCUT2D eigenvalue weighted by Gasteiger charge is 2.20. The summed E-state index contributed by atoms with van der Waals surface area (Å²) in [7, 11) is 0. The first-order valence-electron chi connectivity index (χ1n) is 5.90. The maximum Gasteiger partial charge on any atom is 0.249 e. The van der Waals surface area contributed by atoms with Crippen molar-refractivity contribution >= 4 is 23.2 Å². The number of hydrogen-bond donors (Lipinski definition) is 2. The highest BCUT2D eigenvalue weighted by molar-refractivity contribution is 6.30. The molecule has 1 aromatic heterocycles. The van der Waals surface area contributed by atoms with Gasteiger partial charge in [0.2, 0.25) is 5.91 Å². The van der Waals surface area contributed by atoms with Crippen LogP contribution in [0.5, 0.6) is 5.75 Å². The smallest absolute Gasteiger partial charge is 0.249 e. The molecule has 2 aromatic rings. The zero-order chi connectivity index (χ0) is 13.8. The summed E-state index contributed by atoms with van der Waals surface area (Å²) in [6.07, 6.45) is 3.65. The lowest BCUT2D eigenvalue weighted by Gasteiger charge is -2.15. The monoisotopic (exact) mass is 279 g/mol. The van der Waals surface area contributed by atoms with Gasteiger partial charge < -0.3 is 10.4 Å². The SMILES string of the molecule is CC[C@H](C(=O)Nc1ccccc1O)n1cc(Cl)cn1. The Hall–Kier alpha value is -2.01. The Bertz CT molecular complexity index is 583. The molecule has 1 amide bonds. The number of benzene rings is 1. The van der Waals surface area contributed by atoms with E-state index in [2.05, 4.69) is 10.4 Å². The normalized spacial score (nSPS) is 12.1. The molecule has 0 aliphatic rings. The minimum Gasteiger partial charge on any atom is -0.506 e. The molecule has 0 fully saturated rings. The Morgan fingerprint density at radius 3 is 2.84 bits per heavy atom. The quantitative estimate of drug-likeness (QED) is 0.846. The van der Waals surface area contributed by atoms with E-state index in [4.69, 9.17) is 11.6 Å². The van der Waals surface area contributed by atoms with Crippen molar-refractivity contribution in [2.24, 2.45) is 0 Å². The van der Waals surface area contributed by atoms with Gasteiger partial charge >= 0.3 is 0 Å². The van der Waals surface area contributed by atoms with Crippen LogP contribution in [0.2, 0.25) is 5.02 Å². The predicted molar refractivity (Wildman–Crippen MR) is 73.3 cm³/mol. The number of amides is 1. The third kappa shape index (κ3) is 3.06. The zero-order valence-corrected chi connectivity index (χ0v) is 11.1. The van der Waals surface area contributed by atoms with E-state index in [9.17, 15) is 9.90 Å². The second-order valence-corrected chi connectivity index (χ2v) is 4.51. The number of phenolic OH excluding ortho intramolecular Hbond substituents is 1. The summed E-state index contributed by atoms with van der Waals surface area (Å²) in [6.45, 7) is 1.88. The third-order valence-corrected chi connectivity index (χ3v) is 2.94. The topological polar surface area (TPSA) is 67.2 Å². The second kappa shape index (κ2) is 5.75. The summed E-state index contributed by atoms with van der Waals surface area (Å²) in [5.74, 6) is -0.215. The summed E-state index contributed by atoms with van der Waals surface area (Å²) in [6, 6.07) is 6.11. The first-order chi connectivity index (χ1) is 9.11. The highest BCUT2D eigenvalue weighted by Crippen LogP contribution is 2.23. The van der Waals surface area contributed by atoms with Gasteiger partial charge in [-0.05, 0) is 18.6 Å². The van der Waals surface area contributed by atoms with Gasteiger partial charge in [0.25, 0.3) is 0 Å². The average Bonchev–Trinajstić information content (AvgIpc) is 2.80. The number of nitrogens with zero attached hydrogens (tertiary/aromatic N) is 2. The molecule has 1 heterocycles. The number of hydrogen-bond acceptors (Lipinski definition) is 3. The van der Waals surface area contributed by atoms with Crippen LogP contribution in [0.1, 0.15) is 19.4 Å². The average molecular weight is 280 g/mol. The van der Waals surface area contributed by atoms with E-state index in [-0.39, 0.29) is 11.7 Å². The van der Waals surface area contributed by atoms with E-state index in [0.29, 0.717) is 17.1 Å². The van der Waals surface area contributed by atoms with Gasteiger partial charge in [0.1, 0.15) is 11.8 Å². The van der Waals surface area contributed by atoms with Crippen molar-refractivity contribution in [1.82, 2.24) is 9.78 Å². The molecule has 0 unspecified atom stereocenters. The van der Waals surface area contributed by atoms with Gasteiger partial charge in [0, 0.05) is 6.20 Å². The molecule has 6 heteroatoms. The number of nitrogens with one attached hydrogen (secondary N) is 1. The minimum absolute atomic E-state index is 0.0317. The number of phenols is 1. The molecule has 0 radical (unpaired) electrons. The maximum absolute atomic E-state index is 12.2. The lowest BCUT2D eigenvalue weighted by Crippen LogP contribution is -2.25. The van der Waals surface area contributed by atoms with Crippen LogP contribution in [0.3, 0.4) is 0 Å². The van der Waals surface area contributed by atoms with Crippen molar-refractivity contribution in [1.29, 1.82) is 0 Å². The molecule has 0 spiro atoms. The standard InChI is InChI=1S/C13H14ClN3O2/c1-2-11(17-8-9(14)7-15-17)13(19)16-10-5-3-4-6-12(10)18/h3-8,11,18H,2H2,1H3,(H,16,19)/t11-/m1/s1. The second-order valence-electron chi connectivity index (χ2n) is 4.07. The Kier molecular flexibility index (Phi) is 4.06. The number of aromatic nitrogens is 2. The predicted octanol–water partition coefficient (Wildman–Crippen LogP) is 2.83. The molecule has 5 nitrogen and oxygen atoms in total. The van der Waals surface area contributed by atoms with Gasteiger partial charge in [0.05, 0.1) is 16.9 Å². The van der Waals surface area contributed by atoms with Crippen LogP contribution >= 0.6 is 11.6 Å². The van der Waals surface area contributed by atoms with Gasteiger partial charge in [-0.2, -0.15) is 5.10 Å². The van der Waals surface area contributed by atoms with Crippen molar-refractivity contribution in [3.05, 3.63) is 41.7 Å². The Morgan fingerprint density at radius 2 is 2.26 bits per heavy atom. The fraction of sp³-hybridized carbons (Fsp3) is 0.231. The zero-order valence-electron chi connectivity index (χ0n) is 10.4. The molecule has 0 bridgehead atoms. The van der Waals surface area contributed by atoms with Gasteiger partial charge in [-0.3, -0.25) is 9.48 Å². The van der Waals surface area contributed by atoms with Gasteiger partial charge in [-0.1, -0.05) is 30.7 Å². The fourth-order valence-corrected chi connectivity index (χ4v) is 1.92. The van der Waals surface area contributed by atoms with Crippen LogP contribution in [-0.2, 0) is 4.79 Å². The summed E-state index contributed by atoms with van der Waals surface area (Å²) in [5.41, 5.74) is 0.379. The van der Waals surface area contributed by atoms with Gasteiger partial charge in [0.15, 0.2) is 0 Å². The van der Waals surface area contributed by atoms with Gasteiger partial charge in [-0.25, -0.2) is 0 Å². The molecule has 0 aliphatic carbocycles. The van der Waals surface area contributed by atoms with E-state index in [0.717, 1.165) is 0 Å². The van der Waals surface area contributed by atoms with E-state index < -0.39 is 6.04 Å². The van der Waals surface area contributed by atoms with Crippen molar-refractivity contribution < 1.29 is 9.90 Å². The molecule has 1 atom stereocenters. The molecule has 19 heavy (non-hydrogen) atoms. The highest BCUT2D eigenvalue weighted by atomic mass is 35.5. The fourth-order valence-electron chi connectivity index (χ4n) is 1.77. The number of rotatable bonds is 4. The lowest BCUT2D eigenvalue weighted by atomic mass is 10.2. The summed E-state index contributed by atoms with van der Waals surface area (Å²) >= 11 is 5.80. The van der Waals surface area contributed by atoms with Crippen LogP contribution in [-0.4, -0.2) is 20.8 Å². The summed E-state index contributed by atoms with van der Waals surface area (Å²) in [5, 5.41) is 16.8. The summed E-state index contributed by atoms with van der Waals surface area (Å²) in [4.78, 5) is 12.2. The van der Waals surface area contributed by atoms with Crippen LogP contribution < -0.4 is 5.32 Å². The summed E-state index contributed by atoms with van der Waals surface area (Å²) < 4.78 is 1.51. The molecular formula is C13H14ClN3O2. The Morgan fingerprint density at radius 1 is 1.53 bits per heavy atom. The first-order valence-corrected chi connectivity index (χ1v) is 6.28. The molecule has 2 rings (SSSR count). The number of carbonyl (C=O) groups excluding carboxylic acids is 1. The van der Waals surface area contributed by atoms with E-state index >= 15 is 0 Å². The molecule has 100 valence electrons. The van der Waals surface area contributed by atoms with Crippen LogP contribution in [0, 0.1) is 0 Å². The molecule has 2 N–H and O–H groups in total. The Balaban J connectivity index is 2.16. The van der Waals surface area contributed by atoms with Crippen LogP contribution in [0.25, 0.3) is 0 Å². The van der Waals surface area contributed by atoms with Crippen LogP contribution in [0.4, 0.5) is 5.69 Å². The number of halogens is 1. The van der Waals surface area contributed by atoms with Crippen molar-refractivity contribution in [2.75, 3.05) is 5.32 Å². The molecular weight excluding hydrogens is 266 g/mol. The molecule has 0 saturated heterocycles. The van der Waals surface area contributed by atoms with Crippen molar-refractivity contribution in [3.63, 3.8) is 0 Å². The number of para-hydroxylation sites is 2. The maximum atomic E-state index is 12.2. The number of anilines is 1. The van der Waals surface area contributed by atoms with E-state index in [1.54, 1.807) is 24.4 Å². The molecule has 0 aliphatic heterocycles. The minimum atomic E-state index is -0.466. The van der Waals surface area contributed by atoms with Gasteiger partial charge in [-0.15, -0.1) is 0 Å². The van der Waals surface area contributed by atoms with Crippen molar-refractivity contribution in [2.45, 2.75) is 19.4 Å². The lowest BCUT2D eigenvalue weighted by molar-refractivity contribution is -0.119. The van der Waals surface area contributed by atoms with Crippen LogP contribution in [0.15, 0.2) is 36.7 Å². The molecule has 1 aromatic carbocycles. The van der Waals surface area contributed by atoms with E-state index in [1.165, 1.54) is 16.9 Å². The third-order valence-electron chi connectivity index (χ3n) is 2.74.